The number of hydrogen-bond acceptors (Lipinski definition) is 6. The number of aliphatic carboxylic acids is 2. The first kappa shape index (κ1) is 22.2. The second-order valence-electron chi connectivity index (χ2n) is 6.71. The van der Waals surface area contributed by atoms with E-state index < -0.39 is 11.9 Å². The van der Waals surface area contributed by atoms with Crippen molar-refractivity contribution in [1.29, 1.82) is 0 Å². The maximum absolute atomic E-state index is 9.55. The molecule has 3 heterocycles. The molecule has 2 unspecified atom stereocenters. The second kappa shape index (κ2) is 10.4. The van der Waals surface area contributed by atoms with Gasteiger partial charge in [0.25, 0.3) is 0 Å². The minimum atomic E-state index is -1.26. The van der Waals surface area contributed by atoms with Crippen LogP contribution >= 0.6 is 15.9 Å². The van der Waals surface area contributed by atoms with Crippen LogP contribution < -0.4 is 9.64 Å². The zero-order chi connectivity index (χ0) is 20.7. The van der Waals surface area contributed by atoms with Gasteiger partial charge < -0.3 is 19.8 Å². The Morgan fingerprint density at radius 3 is 2.50 bits per heavy atom. The van der Waals surface area contributed by atoms with Gasteiger partial charge in [-0.2, -0.15) is 0 Å². The van der Waals surface area contributed by atoms with Crippen LogP contribution in [0.25, 0.3) is 0 Å². The highest BCUT2D eigenvalue weighted by molar-refractivity contribution is 9.10. The van der Waals surface area contributed by atoms with E-state index in [1.165, 1.54) is 24.9 Å². The summed E-state index contributed by atoms with van der Waals surface area (Å²) >= 11 is 3.45. The molecule has 28 heavy (non-hydrogen) atoms. The lowest BCUT2D eigenvalue weighted by Crippen LogP contribution is -2.36. The van der Waals surface area contributed by atoms with Crippen molar-refractivity contribution in [1.82, 2.24) is 9.88 Å². The third-order valence-electron chi connectivity index (χ3n) is 4.97. The molecule has 2 saturated heterocycles. The fourth-order valence-electron chi connectivity index (χ4n) is 3.53. The van der Waals surface area contributed by atoms with Crippen LogP contribution in [0.1, 0.15) is 26.2 Å². The number of carboxylic acids is 2. The average Bonchev–Trinajstić information content (AvgIpc) is 2.88. The summed E-state index contributed by atoms with van der Waals surface area (Å²) in [6.07, 6.45) is 6.99. The van der Waals surface area contributed by atoms with E-state index in [-0.39, 0.29) is 0 Å². The number of nitrogens with zero attached hydrogens (tertiary/aromatic N) is 3. The fourth-order valence-corrected chi connectivity index (χ4v) is 3.86. The van der Waals surface area contributed by atoms with Crippen molar-refractivity contribution in [3.05, 3.63) is 29.0 Å². The van der Waals surface area contributed by atoms with Crippen LogP contribution in [0.4, 0.5) is 5.69 Å². The number of hydrogen-bond donors (Lipinski definition) is 2. The molecule has 2 bridgehead atoms. The van der Waals surface area contributed by atoms with Gasteiger partial charge in [0.1, 0.15) is 4.60 Å². The van der Waals surface area contributed by atoms with E-state index in [2.05, 4.69) is 43.8 Å². The lowest BCUT2D eigenvalue weighted by molar-refractivity contribution is -0.134. The Morgan fingerprint density at radius 2 is 1.89 bits per heavy atom. The summed E-state index contributed by atoms with van der Waals surface area (Å²) < 4.78 is 6.42. The average molecular weight is 456 g/mol. The van der Waals surface area contributed by atoms with Crippen molar-refractivity contribution in [3.63, 3.8) is 0 Å². The van der Waals surface area contributed by atoms with Crippen molar-refractivity contribution in [3.8, 4) is 5.75 Å². The molecule has 0 saturated carbocycles. The van der Waals surface area contributed by atoms with Crippen LogP contribution in [0.5, 0.6) is 5.75 Å². The van der Waals surface area contributed by atoms with Gasteiger partial charge in [0.2, 0.25) is 0 Å². The fraction of sp³-hybridized carbons (Fsp3) is 0.526. The van der Waals surface area contributed by atoms with Gasteiger partial charge in [0, 0.05) is 43.4 Å². The third-order valence-corrected chi connectivity index (χ3v) is 5.57. The molecule has 2 fully saturated rings. The lowest BCUT2D eigenvalue weighted by atomic mass is 10.1. The Labute approximate surface area is 172 Å². The van der Waals surface area contributed by atoms with Crippen LogP contribution in [0.15, 0.2) is 29.0 Å². The molecule has 2 aliphatic rings. The minimum absolute atomic E-state index is 0.558. The van der Waals surface area contributed by atoms with Crippen LogP contribution in [-0.4, -0.2) is 70.9 Å². The predicted octanol–water partition coefficient (Wildman–Crippen LogP) is 2.63. The molecule has 1 aromatic rings. The van der Waals surface area contributed by atoms with Gasteiger partial charge in [-0.25, -0.2) is 14.6 Å². The molecule has 0 aliphatic carbocycles. The number of rotatable bonds is 5. The Hall–Kier alpha value is -2.13. The van der Waals surface area contributed by atoms with Crippen molar-refractivity contribution < 1.29 is 24.5 Å². The van der Waals surface area contributed by atoms with Crippen LogP contribution in [-0.2, 0) is 9.59 Å². The number of carbonyl (C=O) groups is 2. The molecule has 0 spiro atoms. The Bertz CT molecular complexity index is 712. The summed E-state index contributed by atoms with van der Waals surface area (Å²) in [5.74, 6) is -1.67. The van der Waals surface area contributed by atoms with Gasteiger partial charge in [-0.3, -0.25) is 4.90 Å². The van der Waals surface area contributed by atoms with Crippen molar-refractivity contribution in [2.45, 2.75) is 38.3 Å². The number of anilines is 1. The molecule has 0 radical (unpaired) electrons. The van der Waals surface area contributed by atoms with Crippen molar-refractivity contribution in [2.75, 3.05) is 31.6 Å². The molecule has 3 rings (SSSR count). The standard InChI is InChI=1S/C15H22BrN3O.C4H4O4/c1-3-20-14-8-13(9-17-15(14)16)19-7-6-11-4-5-12(10-19)18(11)2;5-3(6)1-2-4(7)8/h8-9,11-12H,3-7,10H2,1-2H3;1-2H,(H,5,6)(H,7,8)/b;2-1+. The van der Waals surface area contributed by atoms with E-state index in [0.29, 0.717) is 24.8 Å². The molecule has 1 aromatic heterocycles. The van der Waals surface area contributed by atoms with Gasteiger partial charge in [0.15, 0.2) is 5.75 Å². The Morgan fingerprint density at radius 1 is 1.25 bits per heavy atom. The predicted molar refractivity (Wildman–Crippen MR) is 109 cm³/mol. The van der Waals surface area contributed by atoms with E-state index in [4.69, 9.17) is 14.9 Å². The minimum Gasteiger partial charge on any atom is -0.491 e. The first-order valence-electron chi connectivity index (χ1n) is 9.21. The van der Waals surface area contributed by atoms with Gasteiger partial charge in [-0.15, -0.1) is 0 Å². The van der Waals surface area contributed by atoms with E-state index in [9.17, 15) is 9.59 Å². The zero-order valence-corrected chi connectivity index (χ0v) is 17.6. The van der Waals surface area contributed by atoms with Crippen molar-refractivity contribution >= 4 is 33.6 Å². The van der Waals surface area contributed by atoms with Crippen molar-refractivity contribution in [2.24, 2.45) is 0 Å². The maximum Gasteiger partial charge on any atom is 0.328 e. The monoisotopic (exact) mass is 455 g/mol. The summed E-state index contributed by atoms with van der Waals surface area (Å²) in [6, 6.07) is 3.56. The Kier molecular flexibility index (Phi) is 8.25. The summed E-state index contributed by atoms with van der Waals surface area (Å²) in [6.45, 7) is 4.87. The van der Waals surface area contributed by atoms with Gasteiger partial charge in [0.05, 0.1) is 18.5 Å². The molecule has 9 heteroatoms. The second-order valence-corrected chi connectivity index (χ2v) is 7.46. The van der Waals surface area contributed by atoms with E-state index in [0.717, 1.165) is 29.5 Å². The molecule has 0 amide bonds. The molecule has 0 aromatic carbocycles. The van der Waals surface area contributed by atoms with E-state index >= 15 is 0 Å². The summed E-state index contributed by atoms with van der Waals surface area (Å²) in [5.41, 5.74) is 1.18. The highest BCUT2D eigenvalue weighted by atomic mass is 79.9. The quantitative estimate of drug-likeness (QED) is 0.515. The highest BCUT2D eigenvalue weighted by Gasteiger charge is 2.34. The molecular formula is C19H26BrN3O5. The largest absolute Gasteiger partial charge is 0.491 e. The van der Waals surface area contributed by atoms with Crippen LogP contribution in [0.3, 0.4) is 0 Å². The maximum atomic E-state index is 9.55. The summed E-state index contributed by atoms with van der Waals surface area (Å²) in [7, 11) is 2.28. The topological polar surface area (TPSA) is 103 Å². The number of pyridine rings is 1. The number of fused-ring (bicyclic) bond motifs is 2. The van der Waals surface area contributed by atoms with Gasteiger partial charge in [-0.05, 0) is 49.2 Å². The number of halogens is 1. The highest BCUT2D eigenvalue weighted by Crippen LogP contribution is 2.33. The molecular weight excluding hydrogens is 430 g/mol. The third kappa shape index (κ3) is 6.20. The lowest BCUT2D eigenvalue weighted by Gasteiger charge is -2.27. The van der Waals surface area contributed by atoms with Crippen LogP contribution in [0.2, 0.25) is 0 Å². The first-order chi connectivity index (χ1) is 13.3. The molecule has 8 nitrogen and oxygen atoms in total. The number of carboxylic acid groups (broad SMARTS) is 2. The first-order valence-corrected chi connectivity index (χ1v) is 10.00. The van der Waals surface area contributed by atoms with E-state index in [1.54, 1.807) is 0 Å². The molecule has 2 N–H and O–H groups in total. The summed E-state index contributed by atoms with van der Waals surface area (Å²) in [5, 5.41) is 15.6. The molecule has 154 valence electrons. The summed E-state index contributed by atoms with van der Waals surface area (Å²) in [4.78, 5) is 28.6. The van der Waals surface area contributed by atoms with Gasteiger partial charge in [-0.1, -0.05) is 0 Å². The Balaban J connectivity index is 0.000000300. The molecule has 2 aliphatic heterocycles. The SMILES string of the molecule is CCOc1cc(N2CCC3CCC(C2)N3C)cnc1Br.O=C(O)/C=C/C(=O)O. The van der Waals surface area contributed by atoms with Crippen LogP contribution in [0, 0.1) is 0 Å². The number of ether oxygens (including phenoxy) is 1. The van der Waals surface area contributed by atoms with E-state index in [1.807, 2.05) is 13.1 Å². The number of likely N-dealkylation sites (N-methyl/N-ethyl adjacent to an activating group) is 1. The number of aromatic nitrogens is 1. The zero-order valence-electron chi connectivity index (χ0n) is 16.0. The van der Waals surface area contributed by atoms with Gasteiger partial charge >= 0.3 is 11.9 Å². The smallest absolute Gasteiger partial charge is 0.328 e. The normalized spacial score (nSPS) is 21.8. The molecule has 2 atom stereocenters.